The van der Waals surface area contributed by atoms with Crippen LogP contribution in [0.1, 0.15) is 37.7 Å². The SMILES string of the molecule is CC(=O)c1ccc(N2CCC(C(C)C)C2)cn1. The van der Waals surface area contributed by atoms with E-state index in [1.807, 2.05) is 18.3 Å². The summed E-state index contributed by atoms with van der Waals surface area (Å²) in [6, 6.07) is 3.83. The number of rotatable bonds is 3. The minimum atomic E-state index is 0.0260. The molecule has 1 unspecified atom stereocenters. The first-order valence-electron chi connectivity index (χ1n) is 6.30. The van der Waals surface area contributed by atoms with Crippen molar-refractivity contribution in [2.24, 2.45) is 11.8 Å². The third-order valence-corrected chi connectivity index (χ3v) is 3.64. The number of ketones is 1. The average molecular weight is 232 g/mol. The van der Waals surface area contributed by atoms with Gasteiger partial charge in [-0.25, -0.2) is 0 Å². The predicted molar refractivity (Wildman–Crippen MR) is 69.4 cm³/mol. The molecule has 2 rings (SSSR count). The maximum absolute atomic E-state index is 11.1. The molecule has 1 saturated heterocycles. The van der Waals surface area contributed by atoms with Crippen LogP contribution in [0.15, 0.2) is 18.3 Å². The van der Waals surface area contributed by atoms with Crippen LogP contribution in [0.4, 0.5) is 5.69 Å². The van der Waals surface area contributed by atoms with Crippen LogP contribution in [0.5, 0.6) is 0 Å². The van der Waals surface area contributed by atoms with Gasteiger partial charge in [-0.15, -0.1) is 0 Å². The minimum absolute atomic E-state index is 0.0260. The van der Waals surface area contributed by atoms with Gasteiger partial charge in [0.2, 0.25) is 0 Å². The molecule has 0 aromatic carbocycles. The molecule has 3 heteroatoms. The highest BCUT2D eigenvalue weighted by molar-refractivity contribution is 5.92. The highest BCUT2D eigenvalue weighted by Gasteiger charge is 2.25. The fourth-order valence-corrected chi connectivity index (χ4v) is 2.35. The van der Waals surface area contributed by atoms with E-state index >= 15 is 0 Å². The molecule has 1 fully saturated rings. The Morgan fingerprint density at radius 2 is 2.24 bits per heavy atom. The fourth-order valence-electron chi connectivity index (χ4n) is 2.35. The van der Waals surface area contributed by atoms with Crippen molar-refractivity contribution in [2.75, 3.05) is 18.0 Å². The summed E-state index contributed by atoms with van der Waals surface area (Å²) in [5.74, 6) is 1.55. The summed E-state index contributed by atoms with van der Waals surface area (Å²) in [6.45, 7) is 8.33. The van der Waals surface area contributed by atoms with E-state index in [0.29, 0.717) is 5.69 Å². The number of pyridine rings is 1. The summed E-state index contributed by atoms with van der Waals surface area (Å²) in [7, 11) is 0. The molecule has 1 atom stereocenters. The van der Waals surface area contributed by atoms with Crippen molar-refractivity contribution in [3.05, 3.63) is 24.0 Å². The van der Waals surface area contributed by atoms with Gasteiger partial charge in [0.15, 0.2) is 5.78 Å². The standard InChI is InChI=1S/C14H20N2O/c1-10(2)12-6-7-16(9-12)13-4-5-14(11(3)17)15-8-13/h4-5,8,10,12H,6-7,9H2,1-3H3. The quantitative estimate of drug-likeness (QED) is 0.751. The maximum Gasteiger partial charge on any atom is 0.178 e. The summed E-state index contributed by atoms with van der Waals surface area (Å²) in [5.41, 5.74) is 1.69. The number of aromatic nitrogens is 1. The van der Waals surface area contributed by atoms with E-state index in [-0.39, 0.29) is 5.78 Å². The number of hydrogen-bond donors (Lipinski definition) is 0. The van der Waals surface area contributed by atoms with Gasteiger partial charge < -0.3 is 4.90 Å². The molecule has 2 heterocycles. The van der Waals surface area contributed by atoms with E-state index in [4.69, 9.17) is 0 Å². The lowest BCUT2D eigenvalue weighted by atomic mass is 9.95. The van der Waals surface area contributed by atoms with Crippen LogP contribution in [0.25, 0.3) is 0 Å². The summed E-state index contributed by atoms with van der Waals surface area (Å²) < 4.78 is 0. The number of Topliss-reactive ketones (excluding diaryl/α,β-unsaturated/α-hetero) is 1. The lowest BCUT2D eigenvalue weighted by Gasteiger charge is -2.19. The predicted octanol–water partition coefficient (Wildman–Crippen LogP) is 2.77. The Bertz CT molecular complexity index is 397. The van der Waals surface area contributed by atoms with Gasteiger partial charge >= 0.3 is 0 Å². The van der Waals surface area contributed by atoms with Gasteiger partial charge in [0.05, 0.1) is 11.9 Å². The van der Waals surface area contributed by atoms with Gasteiger partial charge in [0.25, 0.3) is 0 Å². The number of nitrogens with zero attached hydrogens (tertiary/aromatic N) is 2. The summed E-state index contributed by atoms with van der Waals surface area (Å²) >= 11 is 0. The molecule has 92 valence electrons. The average Bonchev–Trinajstić information content (AvgIpc) is 2.78. The first kappa shape index (κ1) is 12.1. The Morgan fingerprint density at radius 3 is 2.71 bits per heavy atom. The minimum Gasteiger partial charge on any atom is -0.370 e. The third kappa shape index (κ3) is 2.65. The van der Waals surface area contributed by atoms with Gasteiger partial charge in [-0.2, -0.15) is 0 Å². The van der Waals surface area contributed by atoms with Crippen molar-refractivity contribution < 1.29 is 4.79 Å². The van der Waals surface area contributed by atoms with Crippen LogP contribution in [-0.2, 0) is 0 Å². The second-order valence-electron chi connectivity index (χ2n) is 5.20. The molecule has 1 aromatic heterocycles. The molecule has 0 saturated carbocycles. The fraction of sp³-hybridized carbons (Fsp3) is 0.571. The molecule has 1 aromatic rings. The molecule has 0 spiro atoms. The smallest absolute Gasteiger partial charge is 0.178 e. The second kappa shape index (κ2) is 4.86. The van der Waals surface area contributed by atoms with Crippen molar-refractivity contribution in [1.29, 1.82) is 0 Å². The van der Waals surface area contributed by atoms with Gasteiger partial charge in [0.1, 0.15) is 5.69 Å². The summed E-state index contributed by atoms with van der Waals surface area (Å²) in [4.78, 5) is 17.7. The van der Waals surface area contributed by atoms with E-state index < -0.39 is 0 Å². The summed E-state index contributed by atoms with van der Waals surface area (Å²) in [5, 5.41) is 0. The Balaban J connectivity index is 2.06. The lowest BCUT2D eigenvalue weighted by Crippen LogP contribution is -2.21. The molecule has 17 heavy (non-hydrogen) atoms. The van der Waals surface area contributed by atoms with Crippen molar-refractivity contribution in [3.63, 3.8) is 0 Å². The molecule has 0 radical (unpaired) electrons. The molecule has 0 bridgehead atoms. The normalized spacial score (nSPS) is 20.0. The topological polar surface area (TPSA) is 33.2 Å². The number of anilines is 1. The van der Waals surface area contributed by atoms with Crippen molar-refractivity contribution in [1.82, 2.24) is 4.98 Å². The first-order chi connectivity index (χ1) is 8.08. The van der Waals surface area contributed by atoms with Crippen LogP contribution < -0.4 is 4.90 Å². The van der Waals surface area contributed by atoms with Crippen LogP contribution in [0.3, 0.4) is 0 Å². The van der Waals surface area contributed by atoms with Crippen LogP contribution >= 0.6 is 0 Å². The first-order valence-corrected chi connectivity index (χ1v) is 6.30. The largest absolute Gasteiger partial charge is 0.370 e. The molecule has 0 aliphatic carbocycles. The van der Waals surface area contributed by atoms with Gasteiger partial charge in [0, 0.05) is 20.0 Å². The van der Waals surface area contributed by atoms with E-state index in [9.17, 15) is 4.79 Å². The summed E-state index contributed by atoms with van der Waals surface area (Å²) in [6.07, 6.45) is 3.07. The van der Waals surface area contributed by atoms with Crippen molar-refractivity contribution in [2.45, 2.75) is 27.2 Å². The Labute approximate surface area is 103 Å². The zero-order valence-corrected chi connectivity index (χ0v) is 10.8. The number of carbonyl (C=O) groups excluding carboxylic acids is 1. The van der Waals surface area contributed by atoms with Gasteiger partial charge in [-0.1, -0.05) is 13.8 Å². The van der Waals surface area contributed by atoms with Gasteiger partial charge in [-0.05, 0) is 30.4 Å². The Hall–Kier alpha value is -1.38. The van der Waals surface area contributed by atoms with Crippen LogP contribution in [0.2, 0.25) is 0 Å². The maximum atomic E-state index is 11.1. The van der Waals surface area contributed by atoms with E-state index in [2.05, 4.69) is 23.7 Å². The molecular formula is C14H20N2O. The molecule has 1 aliphatic heterocycles. The highest BCUT2D eigenvalue weighted by Crippen LogP contribution is 2.27. The Morgan fingerprint density at radius 1 is 1.47 bits per heavy atom. The Kier molecular flexibility index (Phi) is 3.46. The zero-order valence-electron chi connectivity index (χ0n) is 10.8. The monoisotopic (exact) mass is 232 g/mol. The van der Waals surface area contributed by atoms with Gasteiger partial charge in [-0.3, -0.25) is 9.78 Å². The van der Waals surface area contributed by atoms with E-state index in [1.165, 1.54) is 6.42 Å². The second-order valence-corrected chi connectivity index (χ2v) is 5.20. The number of carbonyl (C=O) groups is 1. The van der Waals surface area contributed by atoms with Crippen LogP contribution in [-0.4, -0.2) is 23.9 Å². The van der Waals surface area contributed by atoms with Crippen molar-refractivity contribution in [3.8, 4) is 0 Å². The van der Waals surface area contributed by atoms with Crippen molar-refractivity contribution >= 4 is 11.5 Å². The van der Waals surface area contributed by atoms with E-state index in [1.54, 1.807) is 6.92 Å². The molecular weight excluding hydrogens is 212 g/mol. The molecule has 3 nitrogen and oxygen atoms in total. The highest BCUT2D eigenvalue weighted by atomic mass is 16.1. The molecule has 1 aliphatic rings. The van der Waals surface area contributed by atoms with Crippen LogP contribution in [0, 0.1) is 11.8 Å². The zero-order chi connectivity index (χ0) is 12.4. The number of hydrogen-bond acceptors (Lipinski definition) is 3. The van der Waals surface area contributed by atoms with E-state index in [0.717, 1.165) is 30.6 Å². The molecule has 0 N–H and O–H groups in total. The lowest BCUT2D eigenvalue weighted by molar-refractivity contribution is 0.101. The third-order valence-electron chi connectivity index (χ3n) is 3.64. The molecule has 0 amide bonds.